The van der Waals surface area contributed by atoms with Crippen molar-refractivity contribution in [3.8, 4) is 5.75 Å². The number of methoxy groups -OCH3 is 1. The molecule has 0 fully saturated rings. The third-order valence-electron chi connectivity index (χ3n) is 3.08. The van der Waals surface area contributed by atoms with Crippen molar-refractivity contribution in [2.75, 3.05) is 13.7 Å². The second-order valence-corrected chi connectivity index (χ2v) is 5.41. The zero-order chi connectivity index (χ0) is 15.2. The van der Waals surface area contributed by atoms with E-state index in [1.165, 1.54) is 12.7 Å². The lowest BCUT2D eigenvalue weighted by molar-refractivity contribution is -0.149. The monoisotopic (exact) mass is 279 g/mol. The summed E-state index contributed by atoms with van der Waals surface area (Å²) < 4.78 is 10.6. The highest BCUT2D eigenvalue weighted by Gasteiger charge is 2.35. The van der Waals surface area contributed by atoms with Gasteiger partial charge in [0.1, 0.15) is 17.9 Å². The Balaban J connectivity index is 2.77. The lowest BCUT2D eigenvalue weighted by Gasteiger charge is -2.30. The van der Waals surface area contributed by atoms with Gasteiger partial charge in [-0.3, -0.25) is 5.32 Å². The van der Waals surface area contributed by atoms with Crippen LogP contribution in [0.15, 0.2) is 24.3 Å². The van der Waals surface area contributed by atoms with E-state index in [9.17, 15) is 4.79 Å². The lowest BCUT2D eigenvalue weighted by atomic mass is 10.0. The molecule has 0 radical (unpaired) electrons. The van der Waals surface area contributed by atoms with E-state index in [0.717, 1.165) is 12.2 Å². The number of carbonyl (C=O) groups excluding carboxylic acids is 1. The third-order valence-corrected chi connectivity index (χ3v) is 3.08. The molecule has 4 heteroatoms. The van der Waals surface area contributed by atoms with E-state index in [0.29, 0.717) is 0 Å². The summed E-state index contributed by atoms with van der Waals surface area (Å²) in [6, 6.07) is 8.06. The van der Waals surface area contributed by atoms with Gasteiger partial charge in [-0.25, -0.2) is 4.79 Å². The zero-order valence-corrected chi connectivity index (χ0v) is 13.0. The molecule has 1 atom stereocenters. The van der Waals surface area contributed by atoms with Crippen LogP contribution in [0.4, 0.5) is 0 Å². The first-order valence-corrected chi connectivity index (χ1v) is 6.99. The fourth-order valence-electron chi connectivity index (χ4n) is 2.10. The van der Waals surface area contributed by atoms with Gasteiger partial charge >= 0.3 is 5.97 Å². The number of benzene rings is 1. The summed E-state index contributed by atoms with van der Waals surface area (Å²) in [7, 11) is 1.39. The quantitative estimate of drug-likeness (QED) is 0.779. The highest BCUT2D eigenvalue weighted by atomic mass is 16.5. The minimum absolute atomic E-state index is 0.157. The van der Waals surface area contributed by atoms with Gasteiger partial charge in [0, 0.05) is 6.04 Å². The number of hydrogen-bond donors (Lipinski definition) is 1. The number of aryl methyl sites for hydroxylation is 1. The van der Waals surface area contributed by atoms with Gasteiger partial charge in [0.25, 0.3) is 0 Å². The van der Waals surface area contributed by atoms with Crippen molar-refractivity contribution in [2.45, 2.75) is 45.7 Å². The first kappa shape index (κ1) is 16.5. The van der Waals surface area contributed by atoms with E-state index in [2.05, 4.69) is 18.3 Å². The van der Waals surface area contributed by atoms with Gasteiger partial charge in [-0.15, -0.1) is 0 Å². The summed E-state index contributed by atoms with van der Waals surface area (Å²) in [6.07, 6.45) is 0.954. The van der Waals surface area contributed by atoms with Crippen LogP contribution in [-0.2, 0) is 16.0 Å². The van der Waals surface area contributed by atoms with E-state index >= 15 is 0 Å². The summed E-state index contributed by atoms with van der Waals surface area (Å²) >= 11 is 0. The van der Waals surface area contributed by atoms with E-state index in [4.69, 9.17) is 9.47 Å². The van der Waals surface area contributed by atoms with Crippen LogP contribution in [0.1, 0.15) is 33.3 Å². The average molecular weight is 279 g/mol. The molecular formula is C16H25NO3. The van der Waals surface area contributed by atoms with E-state index in [-0.39, 0.29) is 18.6 Å². The molecule has 0 aromatic heterocycles. The first-order valence-electron chi connectivity index (χ1n) is 6.99. The fourth-order valence-corrected chi connectivity index (χ4v) is 2.10. The van der Waals surface area contributed by atoms with Crippen LogP contribution in [0.25, 0.3) is 0 Å². The number of rotatable bonds is 7. The fraction of sp³-hybridized carbons (Fsp3) is 0.562. The summed E-state index contributed by atoms with van der Waals surface area (Å²) in [5, 5.41) is 3.21. The molecule has 0 aliphatic rings. The third kappa shape index (κ3) is 4.53. The molecule has 1 rings (SSSR count). The molecule has 112 valence electrons. The second-order valence-electron chi connectivity index (χ2n) is 5.41. The lowest BCUT2D eigenvalue weighted by Crippen LogP contribution is -2.56. The van der Waals surface area contributed by atoms with Crippen molar-refractivity contribution in [3.63, 3.8) is 0 Å². The van der Waals surface area contributed by atoms with Crippen LogP contribution in [0, 0.1) is 0 Å². The minimum Gasteiger partial charge on any atom is -0.491 e. The van der Waals surface area contributed by atoms with E-state index < -0.39 is 5.54 Å². The maximum absolute atomic E-state index is 11.9. The Bertz CT molecular complexity index is 445. The SMILES string of the molecule is CCc1cccc(OCC(C)(NC(C)C)C(=O)OC)c1. The molecule has 0 heterocycles. The molecule has 1 aromatic rings. The first-order chi connectivity index (χ1) is 9.41. The van der Waals surface area contributed by atoms with Crippen molar-refractivity contribution in [3.05, 3.63) is 29.8 Å². The second kappa shape index (κ2) is 7.29. The predicted octanol–water partition coefficient (Wildman–Crippen LogP) is 2.56. The number of carbonyl (C=O) groups is 1. The number of nitrogens with one attached hydrogen (secondary N) is 1. The maximum atomic E-state index is 11.9. The minimum atomic E-state index is -0.856. The predicted molar refractivity (Wildman–Crippen MR) is 80.0 cm³/mol. The van der Waals surface area contributed by atoms with Crippen LogP contribution in [0.2, 0.25) is 0 Å². The molecular weight excluding hydrogens is 254 g/mol. The van der Waals surface area contributed by atoms with Crippen LogP contribution in [0.3, 0.4) is 0 Å². The highest BCUT2D eigenvalue weighted by Crippen LogP contribution is 2.17. The van der Waals surface area contributed by atoms with Crippen LogP contribution in [0.5, 0.6) is 5.75 Å². The molecule has 1 aromatic carbocycles. The molecule has 0 bridgehead atoms. The van der Waals surface area contributed by atoms with Crippen molar-refractivity contribution in [1.29, 1.82) is 0 Å². The highest BCUT2D eigenvalue weighted by molar-refractivity contribution is 5.80. The van der Waals surface area contributed by atoms with Gasteiger partial charge in [-0.2, -0.15) is 0 Å². The average Bonchev–Trinajstić information content (AvgIpc) is 2.43. The molecule has 20 heavy (non-hydrogen) atoms. The van der Waals surface area contributed by atoms with Crippen molar-refractivity contribution in [2.24, 2.45) is 0 Å². The van der Waals surface area contributed by atoms with Gasteiger partial charge in [-0.05, 0) is 44.9 Å². The molecule has 0 aliphatic heterocycles. The molecule has 1 unspecified atom stereocenters. The normalized spacial score (nSPS) is 13.9. The zero-order valence-electron chi connectivity index (χ0n) is 13.0. The molecule has 4 nitrogen and oxygen atoms in total. The molecule has 0 amide bonds. The van der Waals surface area contributed by atoms with Gasteiger partial charge in [0.15, 0.2) is 0 Å². The van der Waals surface area contributed by atoms with Gasteiger partial charge in [-0.1, -0.05) is 19.1 Å². The molecule has 1 N–H and O–H groups in total. The Hall–Kier alpha value is -1.55. The number of ether oxygens (including phenoxy) is 2. The Morgan fingerprint density at radius 2 is 2.10 bits per heavy atom. The van der Waals surface area contributed by atoms with Crippen molar-refractivity contribution >= 4 is 5.97 Å². The topological polar surface area (TPSA) is 47.6 Å². The molecule has 0 aliphatic carbocycles. The summed E-state index contributed by atoms with van der Waals surface area (Å²) in [4.78, 5) is 11.9. The Morgan fingerprint density at radius 3 is 2.65 bits per heavy atom. The van der Waals surface area contributed by atoms with Crippen LogP contribution in [-0.4, -0.2) is 31.3 Å². The standard InChI is InChI=1S/C16H25NO3/c1-6-13-8-7-9-14(10-13)20-11-16(4,15(18)19-5)17-12(2)3/h7-10,12,17H,6,11H2,1-5H3. The van der Waals surface area contributed by atoms with Gasteiger partial charge < -0.3 is 9.47 Å². The summed E-state index contributed by atoms with van der Waals surface area (Å²) in [6.45, 7) is 8.09. The van der Waals surface area contributed by atoms with Gasteiger partial charge in [0.2, 0.25) is 0 Å². The van der Waals surface area contributed by atoms with Crippen molar-refractivity contribution in [1.82, 2.24) is 5.32 Å². The summed E-state index contributed by atoms with van der Waals surface area (Å²) in [5.41, 5.74) is 0.351. The smallest absolute Gasteiger partial charge is 0.329 e. The summed E-state index contributed by atoms with van der Waals surface area (Å²) in [5.74, 6) is 0.447. The van der Waals surface area contributed by atoms with Crippen LogP contribution < -0.4 is 10.1 Å². The Kier molecular flexibility index (Phi) is 6.02. The maximum Gasteiger partial charge on any atom is 0.329 e. The van der Waals surface area contributed by atoms with Crippen LogP contribution >= 0.6 is 0 Å². The Labute approximate surface area is 121 Å². The number of hydrogen-bond acceptors (Lipinski definition) is 4. The van der Waals surface area contributed by atoms with E-state index in [1.807, 2.05) is 32.0 Å². The molecule has 0 saturated carbocycles. The van der Waals surface area contributed by atoms with Crippen molar-refractivity contribution < 1.29 is 14.3 Å². The largest absolute Gasteiger partial charge is 0.491 e. The van der Waals surface area contributed by atoms with E-state index in [1.54, 1.807) is 6.92 Å². The molecule has 0 saturated heterocycles. The Morgan fingerprint density at radius 1 is 1.40 bits per heavy atom. The number of esters is 1. The van der Waals surface area contributed by atoms with Gasteiger partial charge in [0.05, 0.1) is 7.11 Å². The molecule has 0 spiro atoms.